The quantitative estimate of drug-likeness (QED) is 0.824. The second kappa shape index (κ2) is 7.12. The van der Waals surface area contributed by atoms with Gasteiger partial charge in [0, 0.05) is 25.5 Å². The molecule has 0 unspecified atom stereocenters. The molecule has 1 N–H and O–H groups in total. The zero-order valence-electron chi connectivity index (χ0n) is 15.4. The Morgan fingerprint density at radius 1 is 1.11 bits per heavy atom. The number of hydrogen-bond acceptors (Lipinski definition) is 5. The number of likely N-dealkylation sites (N-methyl/N-ethyl adjacent to an activating group) is 1. The molecule has 3 amide bonds. The Kier molecular flexibility index (Phi) is 4.64. The van der Waals surface area contributed by atoms with E-state index in [1.165, 1.54) is 21.7 Å². The molecule has 2 aliphatic rings. The second-order valence-electron chi connectivity index (χ2n) is 6.99. The summed E-state index contributed by atoms with van der Waals surface area (Å²) in [6, 6.07) is 11.5. The van der Waals surface area contributed by atoms with Gasteiger partial charge in [-0.05, 0) is 11.5 Å². The lowest BCUT2D eigenvalue weighted by molar-refractivity contribution is -0.164. The molecule has 2 aromatic rings. The lowest BCUT2D eigenvalue weighted by atomic mass is 10.0. The number of ether oxygens (including phenoxy) is 1. The third-order valence-corrected chi connectivity index (χ3v) is 5.43. The number of benzene rings is 2. The summed E-state index contributed by atoms with van der Waals surface area (Å²) in [6.45, 7) is 0.138. The molecule has 146 valence electrons. The van der Waals surface area contributed by atoms with Crippen LogP contribution < -0.4 is 4.74 Å². The summed E-state index contributed by atoms with van der Waals surface area (Å²) < 4.78 is 5.60. The van der Waals surface area contributed by atoms with Crippen LogP contribution in [0.25, 0.3) is 10.8 Å². The van der Waals surface area contributed by atoms with Gasteiger partial charge in [0.2, 0.25) is 11.8 Å². The largest absolute Gasteiger partial charge is 0.415 e. The Labute approximate surface area is 161 Å². The van der Waals surface area contributed by atoms with Crippen molar-refractivity contribution in [1.29, 1.82) is 0 Å². The Balaban J connectivity index is 1.51. The topological polar surface area (TPSA) is 90.4 Å². The fourth-order valence-corrected chi connectivity index (χ4v) is 3.81. The Hall–Kier alpha value is -3.13. The monoisotopic (exact) mass is 383 g/mol. The fourth-order valence-electron chi connectivity index (χ4n) is 3.81. The molecule has 2 atom stereocenters. The van der Waals surface area contributed by atoms with Crippen molar-refractivity contribution >= 4 is 28.7 Å². The van der Waals surface area contributed by atoms with Crippen LogP contribution in [-0.2, 0) is 9.59 Å². The molecule has 8 nitrogen and oxygen atoms in total. The lowest BCUT2D eigenvalue weighted by Crippen LogP contribution is -2.70. The maximum atomic E-state index is 12.7. The van der Waals surface area contributed by atoms with Crippen LogP contribution in [0.15, 0.2) is 42.5 Å². The van der Waals surface area contributed by atoms with Crippen LogP contribution in [0.4, 0.5) is 4.79 Å². The Morgan fingerprint density at radius 2 is 1.86 bits per heavy atom. The molecular formula is C20H21N3O5. The molecule has 2 heterocycles. The molecule has 8 heteroatoms. The molecule has 4 rings (SSSR count). The minimum absolute atomic E-state index is 0.0661. The van der Waals surface area contributed by atoms with Gasteiger partial charge in [-0.2, -0.15) is 0 Å². The summed E-state index contributed by atoms with van der Waals surface area (Å²) >= 11 is 0. The van der Waals surface area contributed by atoms with E-state index in [0.717, 1.165) is 10.8 Å². The minimum atomic E-state index is -0.863. The van der Waals surface area contributed by atoms with Crippen LogP contribution in [0.1, 0.15) is 0 Å². The molecular weight excluding hydrogens is 362 g/mol. The number of hydrogen-bond donors (Lipinski definition) is 1. The average Bonchev–Trinajstić information content (AvgIpc) is 2.72. The van der Waals surface area contributed by atoms with E-state index in [4.69, 9.17) is 4.74 Å². The number of amides is 3. The van der Waals surface area contributed by atoms with E-state index in [0.29, 0.717) is 5.75 Å². The van der Waals surface area contributed by atoms with E-state index in [-0.39, 0.29) is 31.4 Å². The lowest BCUT2D eigenvalue weighted by Gasteiger charge is -2.47. The van der Waals surface area contributed by atoms with Crippen LogP contribution in [-0.4, -0.2) is 83.1 Å². The highest BCUT2D eigenvalue weighted by atomic mass is 16.6. The molecule has 0 aromatic heterocycles. The van der Waals surface area contributed by atoms with Crippen molar-refractivity contribution in [3.8, 4) is 5.75 Å². The number of aliphatic hydroxyl groups is 1. The predicted molar refractivity (Wildman–Crippen MR) is 101 cm³/mol. The average molecular weight is 383 g/mol. The van der Waals surface area contributed by atoms with Gasteiger partial charge in [-0.1, -0.05) is 36.4 Å². The van der Waals surface area contributed by atoms with Crippen molar-refractivity contribution in [3.05, 3.63) is 42.5 Å². The van der Waals surface area contributed by atoms with Crippen molar-refractivity contribution in [3.63, 3.8) is 0 Å². The first-order valence-electron chi connectivity index (χ1n) is 9.14. The van der Waals surface area contributed by atoms with Gasteiger partial charge in [-0.25, -0.2) is 4.79 Å². The first kappa shape index (κ1) is 18.2. The van der Waals surface area contributed by atoms with Crippen LogP contribution in [0.5, 0.6) is 5.75 Å². The van der Waals surface area contributed by atoms with Gasteiger partial charge >= 0.3 is 6.09 Å². The van der Waals surface area contributed by atoms with Crippen LogP contribution in [0.2, 0.25) is 0 Å². The van der Waals surface area contributed by atoms with E-state index < -0.39 is 24.8 Å². The van der Waals surface area contributed by atoms with Gasteiger partial charge in [0.15, 0.2) is 0 Å². The van der Waals surface area contributed by atoms with Crippen molar-refractivity contribution in [2.24, 2.45) is 0 Å². The van der Waals surface area contributed by atoms with Gasteiger partial charge < -0.3 is 24.5 Å². The van der Waals surface area contributed by atoms with E-state index in [1.807, 2.05) is 36.4 Å². The molecule has 2 saturated heterocycles. The number of nitrogens with zero attached hydrogens (tertiary/aromatic N) is 3. The molecule has 0 aliphatic carbocycles. The van der Waals surface area contributed by atoms with Crippen LogP contribution in [0, 0.1) is 0 Å². The predicted octanol–water partition coefficient (Wildman–Crippen LogP) is 0.684. The van der Waals surface area contributed by atoms with Crippen molar-refractivity contribution in [2.45, 2.75) is 12.1 Å². The zero-order chi connectivity index (χ0) is 19.8. The molecule has 28 heavy (non-hydrogen) atoms. The van der Waals surface area contributed by atoms with Gasteiger partial charge in [0.1, 0.15) is 17.8 Å². The van der Waals surface area contributed by atoms with Crippen molar-refractivity contribution in [2.75, 3.05) is 33.3 Å². The molecule has 0 radical (unpaired) electrons. The molecule has 2 aromatic carbocycles. The van der Waals surface area contributed by atoms with Crippen molar-refractivity contribution < 1.29 is 24.2 Å². The maximum absolute atomic E-state index is 12.7. The summed E-state index contributed by atoms with van der Waals surface area (Å²) in [5.41, 5.74) is 0. The van der Waals surface area contributed by atoms with E-state index in [1.54, 1.807) is 6.07 Å². The highest BCUT2D eigenvalue weighted by Gasteiger charge is 2.47. The highest BCUT2D eigenvalue weighted by Crippen LogP contribution is 2.27. The third kappa shape index (κ3) is 2.95. The Bertz CT molecular complexity index is 941. The zero-order valence-corrected chi connectivity index (χ0v) is 15.4. The number of piperazine rings is 2. The summed E-state index contributed by atoms with van der Waals surface area (Å²) in [4.78, 5) is 42.0. The van der Waals surface area contributed by atoms with Gasteiger partial charge in [0.05, 0.1) is 13.2 Å². The van der Waals surface area contributed by atoms with Crippen LogP contribution in [0.3, 0.4) is 0 Å². The molecule has 2 fully saturated rings. The number of carbonyl (C=O) groups excluding carboxylic acids is 3. The first-order chi connectivity index (χ1) is 13.5. The Morgan fingerprint density at radius 3 is 2.64 bits per heavy atom. The number of carbonyl (C=O) groups is 3. The van der Waals surface area contributed by atoms with E-state index in [9.17, 15) is 19.5 Å². The highest BCUT2D eigenvalue weighted by molar-refractivity contribution is 5.97. The van der Waals surface area contributed by atoms with Gasteiger partial charge in [-0.15, -0.1) is 0 Å². The standard InChI is InChI=1S/C20H21N3O5/c1-21-16(12-24)19(26)23-10-9-22(11-15(23)18(21)25)20(27)28-17-8-4-6-13-5-2-3-7-14(13)17/h2-8,15-16,24H,9-12H2,1H3/t15-,16+/m1/s1. The second-order valence-corrected chi connectivity index (χ2v) is 6.99. The summed E-state index contributed by atoms with van der Waals surface area (Å²) in [5.74, 6) is -0.132. The fraction of sp³-hybridized carbons (Fsp3) is 0.350. The molecule has 2 aliphatic heterocycles. The minimum Gasteiger partial charge on any atom is -0.410 e. The van der Waals surface area contributed by atoms with Gasteiger partial charge in [0.25, 0.3) is 0 Å². The summed E-state index contributed by atoms with van der Waals surface area (Å²) in [6.07, 6.45) is -0.553. The molecule has 0 spiro atoms. The number of rotatable bonds is 2. The normalized spacial score (nSPS) is 22.4. The SMILES string of the molecule is CN1C(=O)[C@H]2CN(C(=O)Oc3cccc4ccccc34)CCN2C(=O)[C@@H]1CO. The number of aliphatic hydroxyl groups excluding tert-OH is 1. The summed E-state index contributed by atoms with van der Waals surface area (Å²) in [5, 5.41) is 11.2. The third-order valence-electron chi connectivity index (χ3n) is 5.43. The smallest absolute Gasteiger partial charge is 0.410 e. The van der Waals surface area contributed by atoms with E-state index >= 15 is 0 Å². The van der Waals surface area contributed by atoms with Gasteiger partial charge in [-0.3, -0.25) is 9.59 Å². The first-order valence-corrected chi connectivity index (χ1v) is 9.14. The molecule has 0 bridgehead atoms. The number of fused-ring (bicyclic) bond motifs is 2. The van der Waals surface area contributed by atoms with Crippen molar-refractivity contribution in [1.82, 2.24) is 14.7 Å². The van der Waals surface area contributed by atoms with E-state index in [2.05, 4.69) is 0 Å². The summed E-state index contributed by atoms with van der Waals surface area (Å²) in [7, 11) is 1.49. The maximum Gasteiger partial charge on any atom is 0.415 e. The van der Waals surface area contributed by atoms with Crippen LogP contribution >= 0.6 is 0 Å². The molecule has 0 saturated carbocycles.